The van der Waals surface area contributed by atoms with Crippen LogP contribution in [-0.4, -0.2) is 45.4 Å². The van der Waals surface area contributed by atoms with Crippen LogP contribution < -0.4 is 14.4 Å². The van der Waals surface area contributed by atoms with E-state index in [4.69, 9.17) is 4.74 Å². The highest BCUT2D eigenvalue weighted by Crippen LogP contribution is 2.20. The van der Waals surface area contributed by atoms with Gasteiger partial charge < -0.3 is 10.1 Å². The molecule has 0 unspecified atom stereocenters. The quantitative estimate of drug-likeness (QED) is 0.672. The summed E-state index contributed by atoms with van der Waals surface area (Å²) in [5.74, 6) is -0.248. The number of hydrogen-bond donors (Lipinski definition) is 1. The highest BCUT2D eigenvalue weighted by Gasteiger charge is 2.27. The largest absolute Gasteiger partial charge is 0.491 e. The number of halogens is 1. The summed E-state index contributed by atoms with van der Waals surface area (Å²) >= 11 is 0. The number of carbonyl (C=O) groups excluding carboxylic acids is 1. The highest BCUT2D eigenvalue weighted by atomic mass is 32.2. The number of amides is 1. The third-order valence-corrected chi connectivity index (χ3v) is 5.75. The number of benzene rings is 2. The molecule has 1 N–H and O–H groups in total. The van der Waals surface area contributed by atoms with Crippen LogP contribution in [0, 0.1) is 5.82 Å². The predicted molar refractivity (Wildman–Crippen MR) is 110 cm³/mol. The normalized spacial score (nSPS) is 11.6. The fourth-order valence-electron chi connectivity index (χ4n) is 2.46. The maximum atomic E-state index is 13.2. The van der Waals surface area contributed by atoms with Gasteiger partial charge in [0.1, 0.15) is 18.1 Å². The lowest BCUT2D eigenvalue weighted by Crippen LogP contribution is -2.45. The molecule has 29 heavy (non-hydrogen) atoms. The molecule has 9 heteroatoms. The molecule has 0 saturated carbocycles. The second kappa shape index (κ2) is 9.71. The van der Waals surface area contributed by atoms with Gasteiger partial charge >= 0.3 is 10.2 Å². The molecule has 0 fully saturated rings. The Kier molecular flexibility index (Phi) is 7.58. The summed E-state index contributed by atoms with van der Waals surface area (Å²) in [6, 6.07) is 12.2. The van der Waals surface area contributed by atoms with Gasteiger partial charge in [-0.3, -0.25) is 4.79 Å². The van der Waals surface area contributed by atoms with Crippen molar-refractivity contribution in [2.45, 2.75) is 26.5 Å². The van der Waals surface area contributed by atoms with E-state index in [1.807, 2.05) is 38.1 Å². The van der Waals surface area contributed by atoms with Crippen molar-refractivity contribution in [2.24, 2.45) is 0 Å². The summed E-state index contributed by atoms with van der Waals surface area (Å²) in [4.78, 5) is 12.4. The topological polar surface area (TPSA) is 79.0 Å². The summed E-state index contributed by atoms with van der Waals surface area (Å²) in [5.41, 5.74) is 1.05. The van der Waals surface area contributed by atoms with Gasteiger partial charge in [0.15, 0.2) is 0 Å². The Bertz CT molecular complexity index is 914. The molecule has 0 spiro atoms. The smallest absolute Gasteiger partial charge is 0.304 e. The van der Waals surface area contributed by atoms with Gasteiger partial charge in [0.25, 0.3) is 0 Å². The second-order valence-corrected chi connectivity index (χ2v) is 8.93. The van der Waals surface area contributed by atoms with Gasteiger partial charge in [-0.1, -0.05) is 12.1 Å². The van der Waals surface area contributed by atoms with E-state index in [-0.39, 0.29) is 18.3 Å². The fraction of sp³-hybridized carbons (Fsp3) is 0.350. The SMILES string of the molecule is CC(C)Oc1ccc(CNC(=O)CN(c2ccc(F)cc2)S(=O)(=O)N(C)C)cc1. The minimum atomic E-state index is -3.93. The Labute approximate surface area is 171 Å². The van der Waals surface area contributed by atoms with E-state index in [0.717, 1.165) is 32.1 Å². The van der Waals surface area contributed by atoms with Crippen molar-refractivity contribution in [3.8, 4) is 5.75 Å². The van der Waals surface area contributed by atoms with Crippen LogP contribution in [0.15, 0.2) is 48.5 Å². The Hall–Kier alpha value is -2.65. The van der Waals surface area contributed by atoms with Crippen LogP contribution in [0.2, 0.25) is 0 Å². The third kappa shape index (κ3) is 6.43. The molecule has 0 aromatic heterocycles. The van der Waals surface area contributed by atoms with Crippen molar-refractivity contribution >= 4 is 21.8 Å². The zero-order valence-electron chi connectivity index (χ0n) is 16.9. The molecule has 1 amide bonds. The van der Waals surface area contributed by atoms with Gasteiger partial charge in [-0.15, -0.1) is 0 Å². The van der Waals surface area contributed by atoms with E-state index in [0.29, 0.717) is 0 Å². The van der Waals surface area contributed by atoms with E-state index in [9.17, 15) is 17.6 Å². The molecular weight excluding hydrogens is 397 g/mol. The lowest BCUT2D eigenvalue weighted by molar-refractivity contribution is -0.119. The standard InChI is InChI=1S/C20H26FN3O4S/c1-15(2)28-19-11-5-16(6-12-19)13-22-20(25)14-24(29(26,27)23(3)4)18-9-7-17(21)8-10-18/h5-12,15H,13-14H2,1-4H3,(H,22,25). The van der Waals surface area contributed by atoms with Crippen LogP contribution in [-0.2, 0) is 21.5 Å². The summed E-state index contributed by atoms with van der Waals surface area (Å²) in [6.07, 6.45) is 0.0663. The van der Waals surface area contributed by atoms with E-state index < -0.39 is 28.5 Å². The van der Waals surface area contributed by atoms with Gasteiger partial charge in [0.2, 0.25) is 5.91 Å². The molecule has 0 atom stereocenters. The van der Waals surface area contributed by atoms with Gasteiger partial charge in [-0.2, -0.15) is 12.7 Å². The molecule has 0 aliphatic rings. The van der Waals surface area contributed by atoms with E-state index in [1.54, 1.807) is 0 Å². The average molecular weight is 424 g/mol. The average Bonchev–Trinajstić information content (AvgIpc) is 2.65. The lowest BCUT2D eigenvalue weighted by atomic mass is 10.2. The number of anilines is 1. The lowest BCUT2D eigenvalue weighted by Gasteiger charge is -2.26. The molecule has 2 aromatic carbocycles. The first-order valence-corrected chi connectivity index (χ1v) is 10.5. The first-order valence-electron chi connectivity index (χ1n) is 9.07. The van der Waals surface area contributed by atoms with Crippen LogP contribution in [0.5, 0.6) is 5.75 Å². The van der Waals surface area contributed by atoms with Crippen LogP contribution in [0.4, 0.5) is 10.1 Å². The maximum Gasteiger partial charge on any atom is 0.304 e. The molecule has 0 radical (unpaired) electrons. The minimum Gasteiger partial charge on any atom is -0.491 e. The molecule has 0 heterocycles. The minimum absolute atomic E-state index is 0.0663. The Morgan fingerprint density at radius 2 is 1.66 bits per heavy atom. The van der Waals surface area contributed by atoms with E-state index in [1.165, 1.54) is 26.2 Å². The molecule has 7 nitrogen and oxygen atoms in total. The van der Waals surface area contributed by atoms with Crippen molar-refractivity contribution in [3.63, 3.8) is 0 Å². The molecule has 158 valence electrons. The molecule has 2 aromatic rings. The number of nitrogens with one attached hydrogen (secondary N) is 1. The third-order valence-electron chi connectivity index (χ3n) is 3.93. The number of ether oxygens (including phenoxy) is 1. The predicted octanol–water partition coefficient (Wildman–Crippen LogP) is 2.54. The van der Waals surface area contributed by atoms with Crippen molar-refractivity contribution in [2.75, 3.05) is 24.9 Å². The van der Waals surface area contributed by atoms with Crippen LogP contribution >= 0.6 is 0 Å². The van der Waals surface area contributed by atoms with Crippen molar-refractivity contribution in [1.29, 1.82) is 0 Å². The van der Waals surface area contributed by atoms with E-state index >= 15 is 0 Å². The first-order chi connectivity index (χ1) is 13.6. The highest BCUT2D eigenvalue weighted by molar-refractivity contribution is 7.90. The number of carbonyl (C=O) groups is 1. The fourth-order valence-corrected chi connectivity index (χ4v) is 3.52. The number of nitrogens with zero attached hydrogens (tertiary/aromatic N) is 2. The maximum absolute atomic E-state index is 13.2. The number of rotatable bonds is 9. The van der Waals surface area contributed by atoms with Gasteiger partial charge in [0.05, 0.1) is 11.8 Å². The molecule has 0 aliphatic heterocycles. The van der Waals surface area contributed by atoms with Gasteiger partial charge in [0, 0.05) is 20.6 Å². The zero-order valence-corrected chi connectivity index (χ0v) is 17.7. The zero-order chi connectivity index (χ0) is 21.6. The molecule has 0 aliphatic carbocycles. The summed E-state index contributed by atoms with van der Waals surface area (Å²) < 4.78 is 45.9. The van der Waals surface area contributed by atoms with Crippen LogP contribution in [0.1, 0.15) is 19.4 Å². The molecule has 0 saturated heterocycles. The Balaban J connectivity index is 2.07. The summed E-state index contributed by atoms with van der Waals surface area (Å²) in [5, 5.41) is 2.70. The summed E-state index contributed by atoms with van der Waals surface area (Å²) in [6.45, 7) is 3.67. The van der Waals surface area contributed by atoms with Crippen LogP contribution in [0.25, 0.3) is 0 Å². The van der Waals surface area contributed by atoms with Gasteiger partial charge in [-0.05, 0) is 55.8 Å². The molecule has 0 bridgehead atoms. The Morgan fingerprint density at radius 1 is 1.07 bits per heavy atom. The first kappa shape index (κ1) is 22.6. The monoisotopic (exact) mass is 423 g/mol. The van der Waals surface area contributed by atoms with Crippen molar-refractivity contribution in [1.82, 2.24) is 9.62 Å². The molecular formula is C20H26FN3O4S. The molecule has 2 rings (SSSR count). The summed E-state index contributed by atoms with van der Waals surface area (Å²) in [7, 11) is -1.20. The number of hydrogen-bond acceptors (Lipinski definition) is 4. The van der Waals surface area contributed by atoms with E-state index in [2.05, 4.69) is 5.32 Å². The Morgan fingerprint density at radius 3 is 2.17 bits per heavy atom. The second-order valence-electron chi connectivity index (χ2n) is 6.86. The van der Waals surface area contributed by atoms with Crippen molar-refractivity contribution in [3.05, 3.63) is 59.9 Å². The van der Waals surface area contributed by atoms with Crippen molar-refractivity contribution < 1.29 is 22.3 Å². The van der Waals surface area contributed by atoms with Gasteiger partial charge in [-0.25, -0.2) is 8.70 Å². The van der Waals surface area contributed by atoms with Crippen LogP contribution in [0.3, 0.4) is 0 Å².